The van der Waals surface area contributed by atoms with Crippen LogP contribution >= 0.6 is 0 Å². The molecule has 0 bridgehead atoms. The van der Waals surface area contributed by atoms with E-state index in [1.54, 1.807) is 0 Å². The molecule has 0 heterocycles. The lowest BCUT2D eigenvalue weighted by atomic mass is 9.94. The maximum atomic E-state index is 9.05. The monoisotopic (exact) mass is 316 g/mol. The number of hydrogen-bond acceptors (Lipinski definition) is 4. The van der Waals surface area contributed by atoms with Gasteiger partial charge in [-0.05, 0) is 46.2 Å². The van der Waals surface area contributed by atoms with E-state index >= 15 is 0 Å². The number of rotatable bonds is 14. The van der Waals surface area contributed by atoms with E-state index < -0.39 is 0 Å². The third-order valence-corrected chi connectivity index (χ3v) is 3.86. The molecule has 0 aromatic carbocycles. The average molecular weight is 317 g/mol. The van der Waals surface area contributed by atoms with Crippen molar-refractivity contribution in [1.29, 1.82) is 0 Å². The van der Waals surface area contributed by atoms with Crippen LogP contribution in [0.2, 0.25) is 0 Å². The first-order valence-electron chi connectivity index (χ1n) is 8.94. The summed E-state index contributed by atoms with van der Waals surface area (Å²) in [6.07, 6.45) is 3.12. The van der Waals surface area contributed by atoms with Crippen LogP contribution < -0.4 is 5.32 Å². The summed E-state index contributed by atoms with van der Waals surface area (Å²) in [6.45, 7) is 19.4. The molecule has 0 aromatic heterocycles. The van der Waals surface area contributed by atoms with Gasteiger partial charge in [-0.3, -0.25) is 0 Å². The van der Waals surface area contributed by atoms with Crippen molar-refractivity contribution in [3.05, 3.63) is 0 Å². The van der Waals surface area contributed by atoms with Crippen molar-refractivity contribution in [1.82, 2.24) is 10.2 Å². The molecule has 0 spiro atoms. The minimum atomic E-state index is -0.245. The van der Waals surface area contributed by atoms with Crippen LogP contribution in [0, 0.1) is 5.41 Å². The van der Waals surface area contributed by atoms with Gasteiger partial charge < -0.3 is 20.1 Å². The van der Waals surface area contributed by atoms with Gasteiger partial charge in [-0.15, -0.1) is 0 Å². The van der Waals surface area contributed by atoms with Gasteiger partial charge in [-0.25, -0.2) is 0 Å². The van der Waals surface area contributed by atoms with E-state index in [0.29, 0.717) is 13.0 Å². The van der Waals surface area contributed by atoms with Gasteiger partial charge >= 0.3 is 0 Å². The highest BCUT2D eigenvalue weighted by Gasteiger charge is 2.24. The van der Waals surface area contributed by atoms with Crippen LogP contribution in [0.5, 0.6) is 0 Å². The van der Waals surface area contributed by atoms with Gasteiger partial charge in [0.25, 0.3) is 0 Å². The van der Waals surface area contributed by atoms with Gasteiger partial charge in [0.2, 0.25) is 0 Å². The Kier molecular flexibility index (Phi) is 11.3. The third-order valence-electron chi connectivity index (χ3n) is 3.86. The van der Waals surface area contributed by atoms with E-state index in [4.69, 9.17) is 9.84 Å². The predicted molar refractivity (Wildman–Crippen MR) is 95.4 cm³/mol. The summed E-state index contributed by atoms with van der Waals surface area (Å²) < 4.78 is 5.98. The Morgan fingerprint density at radius 3 is 2.09 bits per heavy atom. The second-order valence-corrected chi connectivity index (χ2v) is 7.70. The van der Waals surface area contributed by atoms with Gasteiger partial charge in [0, 0.05) is 31.7 Å². The van der Waals surface area contributed by atoms with E-state index in [-0.39, 0.29) is 17.6 Å². The predicted octanol–water partition coefficient (Wildman–Crippen LogP) is 2.90. The third kappa shape index (κ3) is 11.4. The maximum Gasteiger partial charge on any atom is 0.0648 e. The van der Waals surface area contributed by atoms with Gasteiger partial charge in [0.05, 0.1) is 12.2 Å². The zero-order valence-corrected chi connectivity index (χ0v) is 15.9. The molecule has 4 heteroatoms. The van der Waals surface area contributed by atoms with E-state index in [2.05, 4.69) is 37.9 Å². The molecule has 2 N–H and O–H groups in total. The highest BCUT2D eigenvalue weighted by atomic mass is 16.5. The zero-order chi connectivity index (χ0) is 17.1. The van der Waals surface area contributed by atoms with Crippen molar-refractivity contribution in [3.63, 3.8) is 0 Å². The molecule has 0 saturated heterocycles. The summed E-state index contributed by atoms with van der Waals surface area (Å²) in [5.41, 5.74) is -0.141. The lowest BCUT2D eigenvalue weighted by molar-refractivity contribution is -0.0652. The number of aliphatic hydroxyl groups is 1. The first kappa shape index (κ1) is 21.8. The van der Waals surface area contributed by atoms with E-state index in [9.17, 15) is 0 Å². The first-order valence-corrected chi connectivity index (χ1v) is 8.94. The van der Waals surface area contributed by atoms with Crippen molar-refractivity contribution in [2.75, 3.05) is 45.9 Å². The molecule has 0 amide bonds. The molecular formula is C18H40N2O2. The Labute approximate surface area is 138 Å². The van der Waals surface area contributed by atoms with Gasteiger partial charge in [-0.1, -0.05) is 27.7 Å². The average Bonchev–Trinajstić information content (AvgIpc) is 2.42. The molecule has 0 aromatic rings. The lowest BCUT2D eigenvalue weighted by Crippen LogP contribution is -2.40. The largest absolute Gasteiger partial charge is 0.396 e. The molecule has 0 saturated carbocycles. The molecule has 22 heavy (non-hydrogen) atoms. The Hall–Kier alpha value is -0.160. The molecular weight excluding hydrogens is 276 g/mol. The van der Waals surface area contributed by atoms with Crippen LogP contribution in [0.3, 0.4) is 0 Å². The molecule has 0 radical (unpaired) electrons. The van der Waals surface area contributed by atoms with Crippen LogP contribution in [-0.4, -0.2) is 61.5 Å². The molecule has 4 nitrogen and oxygen atoms in total. The first-order chi connectivity index (χ1) is 10.3. The summed E-state index contributed by atoms with van der Waals surface area (Å²) in [5.74, 6) is 0. The Balaban J connectivity index is 3.96. The van der Waals surface area contributed by atoms with Crippen LogP contribution in [0.4, 0.5) is 0 Å². The fourth-order valence-electron chi connectivity index (χ4n) is 2.42. The number of nitrogens with one attached hydrogen (secondary N) is 1. The number of aliphatic hydroxyl groups excluding tert-OH is 1. The van der Waals surface area contributed by atoms with Gasteiger partial charge in [0.15, 0.2) is 0 Å². The van der Waals surface area contributed by atoms with Crippen molar-refractivity contribution in [2.24, 2.45) is 5.41 Å². The molecule has 0 unspecified atom stereocenters. The van der Waals surface area contributed by atoms with Crippen LogP contribution in [-0.2, 0) is 4.74 Å². The van der Waals surface area contributed by atoms with E-state index in [1.165, 1.54) is 25.9 Å². The van der Waals surface area contributed by atoms with Gasteiger partial charge in [0.1, 0.15) is 0 Å². The second-order valence-electron chi connectivity index (χ2n) is 7.70. The van der Waals surface area contributed by atoms with Crippen molar-refractivity contribution >= 4 is 0 Å². The molecule has 134 valence electrons. The molecule has 0 rings (SSSR count). The summed E-state index contributed by atoms with van der Waals surface area (Å²) in [6, 6.07) is 0. The standard InChI is InChI=1S/C18H40N2O2/c1-7-11-20(12-8-2)13-10-19-15-17(3,4)16-22-18(5,6)9-14-21/h19,21H,7-16H2,1-6H3. The summed E-state index contributed by atoms with van der Waals surface area (Å²) in [4.78, 5) is 2.53. The highest BCUT2D eigenvalue weighted by Crippen LogP contribution is 2.21. The van der Waals surface area contributed by atoms with Crippen LogP contribution in [0.25, 0.3) is 0 Å². The Bertz CT molecular complexity index is 262. The minimum absolute atomic E-state index is 0.104. The molecule has 0 aliphatic rings. The molecule has 0 aliphatic carbocycles. The maximum absolute atomic E-state index is 9.05. The Morgan fingerprint density at radius 2 is 1.59 bits per heavy atom. The minimum Gasteiger partial charge on any atom is -0.396 e. The van der Waals surface area contributed by atoms with E-state index in [0.717, 1.165) is 19.6 Å². The summed E-state index contributed by atoms with van der Waals surface area (Å²) in [7, 11) is 0. The molecule has 0 fully saturated rings. The van der Waals surface area contributed by atoms with Crippen molar-refractivity contribution in [2.45, 2.75) is 66.4 Å². The summed E-state index contributed by atoms with van der Waals surface area (Å²) in [5, 5.41) is 12.6. The lowest BCUT2D eigenvalue weighted by Gasteiger charge is -2.32. The zero-order valence-electron chi connectivity index (χ0n) is 15.9. The number of hydrogen-bond donors (Lipinski definition) is 2. The van der Waals surface area contributed by atoms with Crippen molar-refractivity contribution < 1.29 is 9.84 Å². The van der Waals surface area contributed by atoms with Crippen molar-refractivity contribution in [3.8, 4) is 0 Å². The quantitative estimate of drug-likeness (QED) is 0.484. The normalized spacial score (nSPS) is 13.1. The SMILES string of the molecule is CCCN(CCC)CCNCC(C)(C)COC(C)(C)CCO. The molecule has 0 atom stereocenters. The fourth-order valence-corrected chi connectivity index (χ4v) is 2.42. The van der Waals surface area contributed by atoms with Gasteiger partial charge in [-0.2, -0.15) is 0 Å². The smallest absolute Gasteiger partial charge is 0.0648 e. The topological polar surface area (TPSA) is 44.7 Å². The van der Waals surface area contributed by atoms with Crippen LogP contribution in [0.1, 0.15) is 60.8 Å². The fraction of sp³-hybridized carbons (Fsp3) is 1.00. The number of nitrogens with zero attached hydrogens (tertiary/aromatic N) is 1. The highest BCUT2D eigenvalue weighted by molar-refractivity contribution is 4.75. The summed E-state index contributed by atoms with van der Waals surface area (Å²) >= 11 is 0. The second kappa shape index (κ2) is 11.4. The number of ether oxygens (including phenoxy) is 1. The van der Waals surface area contributed by atoms with Crippen LogP contribution in [0.15, 0.2) is 0 Å². The Morgan fingerprint density at radius 1 is 1.00 bits per heavy atom. The molecule has 0 aliphatic heterocycles. The van der Waals surface area contributed by atoms with E-state index in [1.807, 2.05) is 13.8 Å².